The van der Waals surface area contributed by atoms with Crippen molar-refractivity contribution in [1.82, 2.24) is 10.6 Å². The largest absolute Gasteiger partial charge is 0.467 e. The van der Waals surface area contributed by atoms with Crippen molar-refractivity contribution in [3.8, 4) is 0 Å². The van der Waals surface area contributed by atoms with E-state index in [0.717, 1.165) is 0 Å². The predicted octanol–water partition coefficient (Wildman–Crippen LogP) is -0.591. The second kappa shape index (κ2) is 6.65. The molecule has 92 valence electrons. The van der Waals surface area contributed by atoms with Crippen molar-refractivity contribution in [2.75, 3.05) is 14.2 Å². The number of esters is 2. The summed E-state index contributed by atoms with van der Waals surface area (Å²) in [6, 6.07) is -2.21. The first-order valence-corrected chi connectivity index (χ1v) is 4.65. The van der Waals surface area contributed by atoms with Crippen LogP contribution in [0, 0.1) is 0 Å². The summed E-state index contributed by atoms with van der Waals surface area (Å²) in [6.07, 6.45) is 0. The van der Waals surface area contributed by atoms with Gasteiger partial charge in [-0.1, -0.05) is 0 Å². The lowest BCUT2D eigenvalue weighted by Gasteiger charge is -2.15. The molecule has 0 aliphatic rings. The lowest BCUT2D eigenvalue weighted by Crippen LogP contribution is -2.49. The van der Waals surface area contributed by atoms with Crippen LogP contribution in [0.5, 0.6) is 0 Å². The van der Waals surface area contributed by atoms with Gasteiger partial charge in [0, 0.05) is 0 Å². The Morgan fingerprint density at radius 3 is 1.44 bits per heavy atom. The summed E-state index contributed by atoms with van der Waals surface area (Å²) >= 11 is 0. The van der Waals surface area contributed by atoms with Gasteiger partial charge in [-0.05, 0) is 13.8 Å². The average molecular weight is 232 g/mol. The zero-order chi connectivity index (χ0) is 12.7. The molecule has 0 aromatic carbocycles. The molecule has 16 heavy (non-hydrogen) atoms. The number of carbonyl (C=O) groups is 3. The first kappa shape index (κ1) is 14.2. The minimum absolute atomic E-state index is 0.569. The fourth-order valence-corrected chi connectivity index (χ4v) is 0.906. The van der Waals surface area contributed by atoms with Crippen LogP contribution in [-0.2, 0) is 19.1 Å². The molecule has 0 aliphatic heterocycles. The van der Waals surface area contributed by atoms with Gasteiger partial charge in [0.05, 0.1) is 14.2 Å². The maximum Gasteiger partial charge on any atom is 0.328 e. The Morgan fingerprint density at radius 1 is 0.875 bits per heavy atom. The van der Waals surface area contributed by atoms with Gasteiger partial charge in [-0.3, -0.25) is 0 Å². The Labute approximate surface area is 93.5 Å². The van der Waals surface area contributed by atoms with Gasteiger partial charge in [0.2, 0.25) is 0 Å². The molecule has 2 N–H and O–H groups in total. The normalized spacial score (nSPS) is 13.2. The molecule has 7 nitrogen and oxygen atoms in total. The van der Waals surface area contributed by atoms with E-state index in [1.54, 1.807) is 0 Å². The fourth-order valence-electron chi connectivity index (χ4n) is 0.906. The molecule has 0 fully saturated rings. The van der Waals surface area contributed by atoms with Crippen molar-refractivity contribution in [1.29, 1.82) is 0 Å². The van der Waals surface area contributed by atoms with Crippen LogP contribution in [0.4, 0.5) is 4.79 Å². The highest BCUT2D eigenvalue weighted by molar-refractivity contribution is 5.86. The van der Waals surface area contributed by atoms with E-state index in [1.807, 2.05) is 0 Å². The number of urea groups is 1. The molecule has 0 aliphatic carbocycles. The summed E-state index contributed by atoms with van der Waals surface area (Å²) in [6.45, 7) is 2.93. The lowest BCUT2D eigenvalue weighted by molar-refractivity contribution is -0.142. The smallest absolute Gasteiger partial charge is 0.328 e. The highest BCUT2D eigenvalue weighted by Crippen LogP contribution is 1.88. The first-order chi connectivity index (χ1) is 7.42. The third-order valence-electron chi connectivity index (χ3n) is 1.80. The van der Waals surface area contributed by atoms with Crippen molar-refractivity contribution in [3.05, 3.63) is 0 Å². The third-order valence-corrected chi connectivity index (χ3v) is 1.80. The van der Waals surface area contributed by atoms with E-state index in [0.29, 0.717) is 0 Å². The molecule has 0 bridgehead atoms. The number of ether oxygens (including phenoxy) is 2. The summed E-state index contributed by atoms with van der Waals surface area (Å²) in [5.41, 5.74) is 0. The Morgan fingerprint density at radius 2 is 1.19 bits per heavy atom. The summed E-state index contributed by atoms with van der Waals surface area (Å²) in [5, 5.41) is 4.62. The lowest BCUT2D eigenvalue weighted by atomic mass is 10.3. The van der Waals surface area contributed by atoms with Crippen LogP contribution in [0.2, 0.25) is 0 Å². The van der Waals surface area contributed by atoms with Gasteiger partial charge in [0.25, 0.3) is 0 Å². The van der Waals surface area contributed by atoms with Crippen molar-refractivity contribution in [3.63, 3.8) is 0 Å². The molecule has 2 atom stereocenters. The molecule has 0 spiro atoms. The van der Waals surface area contributed by atoms with E-state index in [-0.39, 0.29) is 0 Å². The van der Waals surface area contributed by atoms with Crippen molar-refractivity contribution in [2.45, 2.75) is 25.9 Å². The Bertz CT molecular complexity index is 253. The van der Waals surface area contributed by atoms with Crippen molar-refractivity contribution < 1.29 is 23.9 Å². The number of amides is 2. The Hall–Kier alpha value is -1.79. The summed E-state index contributed by atoms with van der Waals surface area (Å²) < 4.78 is 8.83. The quantitative estimate of drug-likeness (QED) is 0.632. The van der Waals surface area contributed by atoms with Gasteiger partial charge in [0.15, 0.2) is 0 Å². The highest BCUT2D eigenvalue weighted by Gasteiger charge is 2.19. The Balaban J connectivity index is 4.08. The van der Waals surface area contributed by atoms with Gasteiger partial charge in [0.1, 0.15) is 12.1 Å². The Kier molecular flexibility index (Phi) is 5.91. The zero-order valence-electron chi connectivity index (χ0n) is 9.70. The molecule has 7 heteroatoms. The van der Waals surface area contributed by atoms with Crippen molar-refractivity contribution in [2.24, 2.45) is 0 Å². The van der Waals surface area contributed by atoms with Crippen LogP contribution < -0.4 is 10.6 Å². The third kappa shape index (κ3) is 4.63. The minimum atomic E-state index is -0.783. The number of rotatable bonds is 4. The van der Waals surface area contributed by atoms with Gasteiger partial charge in [-0.15, -0.1) is 0 Å². The molecule has 0 aromatic heterocycles. The van der Waals surface area contributed by atoms with E-state index < -0.39 is 30.1 Å². The van der Waals surface area contributed by atoms with Crippen LogP contribution in [-0.4, -0.2) is 44.3 Å². The number of hydrogen-bond donors (Lipinski definition) is 2. The molecule has 0 saturated heterocycles. The van der Waals surface area contributed by atoms with Crippen LogP contribution in [0.1, 0.15) is 13.8 Å². The van der Waals surface area contributed by atoms with Gasteiger partial charge in [-0.25, -0.2) is 14.4 Å². The molecule has 2 amide bonds. The molecule has 0 aromatic rings. The van der Waals surface area contributed by atoms with Crippen LogP contribution in [0.3, 0.4) is 0 Å². The van der Waals surface area contributed by atoms with E-state index >= 15 is 0 Å². The summed E-state index contributed by atoms with van der Waals surface area (Å²) in [7, 11) is 2.44. The molecule has 0 unspecified atom stereocenters. The molecular weight excluding hydrogens is 216 g/mol. The molecule has 0 heterocycles. The number of carbonyl (C=O) groups excluding carboxylic acids is 3. The van der Waals surface area contributed by atoms with E-state index in [9.17, 15) is 14.4 Å². The maximum atomic E-state index is 11.3. The molecule has 0 rings (SSSR count). The van der Waals surface area contributed by atoms with E-state index in [4.69, 9.17) is 0 Å². The van der Waals surface area contributed by atoms with Crippen molar-refractivity contribution >= 4 is 18.0 Å². The van der Waals surface area contributed by atoms with Crippen LogP contribution >= 0.6 is 0 Å². The zero-order valence-corrected chi connectivity index (χ0v) is 9.70. The van der Waals surface area contributed by atoms with Gasteiger partial charge in [-0.2, -0.15) is 0 Å². The topological polar surface area (TPSA) is 93.7 Å². The first-order valence-electron chi connectivity index (χ1n) is 4.65. The average Bonchev–Trinajstić information content (AvgIpc) is 2.26. The second-order valence-electron chi connectivity index (χ2n) is 3.11. The number of hydrogen-bond acceptors (Lipinski definition) is 5. The van der Waals surface area contributed by atoms with Crippen LogP contribution in [0.15, 0.2) is 0 Å². The highest BCUT2D eigenvalue weighted by atomic mass is 16.5. The molecule has 0 saturated carbocycles. The standard InChI is InChI=1S/C9H16N2O5/c1-5(7(12)15-3)10-9(14)11-6(2)8(13)16-4/h5-6H,1-4H3,(H2,10,11,14)/t5-,6-/m0/s1. The van der Waals surface area contributed by atoms with Gasteiger partial charge >= 0.3 is 18.0 Å². The summed E-state index contributed by atoms with van der Waals surface area (Å²) in [4.78, 5) is 33.2. The molecular formula is C9H16N2O5. The fraction of sp³-hybridized carbons (Fsp3) is 0.667. The predicted molar refractivity (Wildman–Crippen MR) is 54.6 cm³/mol. The van der Waals surface area contributed by atoms with E-state index in [2.05, 4.69) is 20.1 Å². The summed E-state index contributed by atoms with van der Waals surface area (Å²) in [5.74, 6) is -1.14. The maximum absolute atomic E-state index is 11.3. The SMILES string of the molecule is COC(=O)[C@H](C)NC(=O)N[C@@H](C)C(=O)OC. The minimum Gasteiger partial charge on any atom is -0.467 e. The van der Waals surface area contributed by atoms with Crippen LogP contribution in [0.25, 0.3) is 0 Å². The number of methoxy groups -OCH3 is 2. The van der Waals surface area contributed by atoms with Gasteiger partial charge < -0.3 is 20.1 Å². The second-order valence-corrected chi connectivity index (χ2v) is 3.11. The molecule has 0 radical (unpaired) electrons. The van der Waals surface area contributed by atoms with E-state index in [1.165, 1.54) is 28.1 Å². The number of nitrogens with one attached hydrogen (secondary N) is 2. The monoisotopic (exact) mass is 232 g/mol.